The van der Waals surface area contributed by atoms with E-state index >= 15 is 0 Å². The minimum absolute atomic E-state index is 0.0314. The number of thiocarbonyl (C=S) groups is 1. The molecule has 142 valence electrons. The van der Waals surface area contributed by atoms with E-state index in [9.17, 15) is 14.3 Å². The van der Waals surface area contributed by atoms with E-state index < -0.39 is 0 Å². The Morgan fingerprint density at radius 3 is 2.48 bits per heavy atom. The standard InChI is InChI=1S/C19H21FN4O2S/c1-3-4-18(26)21-15-9-10-17(25)16(11-15)12(2)23-24-19(27)22-14-7-5-13(20)6-8-14/h5-11,25H,3-4H2,1-2H3,(H,21,26)(H2,22,24,27)/b23-12+. The molecule has 0 radical (unpaired) electrons. The molecule has 2 aromatic rings. The summed E-state index contributed by atoms with van der Waals surface area (Å²) in [4.78, 5) is 11.7. The third-order valence-corrected chi connectivity index (χ3v) is 3.77. The second kappa shape index (κ2) is 9.63. The largest absolute Gasteiger partial charge is 0.507 e. The lowest BCUT2D eigenvalue weighted by Crippen LogP contribution is -2.25. The number of rotatable bonds is 6. The Morgan fingerprint density at radius 2 is 1.81 bits per heavy atom. The molecule has 0 aliphatic rings. The molecule has 0 aliphatic carbocycles. The van der Waals surface area contributed by atoms with E-state index in [-0.39, 0.29) is 22.6 Å². The van der Waals surface area contributed by atoms with Gasteiger partial charge in [0.25, 0.3) is 0 Å². The second-order valence-corrected chi connectivity index (χ2v) is 6.21. The molecule has 0 fully saturated rings. The van der Waals surface area contributed by atoms with Crippen LogP contribution in [0.1, 0.15) is 32.3 Å². The van der Waals surface area contributed by atoms with E-state index in [0.717, 1.165) is 6.42 Å². The van der Waals surface area contributed by atoms with Crippen molar-refractivity contribution in [3.63, 3.8) is 0 Å². The zero-order valence-corrected chi connectivity index (χ0v) is 15.9. The first-order valence-electron chi connectivity index (χ1n) is 8.39. The van der Waals surface area contributed by atoms with Crippen molar-refractivity contribution in [2.24, 2.45) is 5.10 Å². The van der Waals surface area contributed by atoms with Crippen molar-refractivity contribution in [3.8, 4) is 5.75 Å². The number of phenolic OH excluding ortho intramolecular Hbond substituents is 1. The molecule has 0 atom stereocenters. The van der Waals surface area contributed by atoms with Crippen LogP contribution in [0.4, 0.5) is 15.8 Å². The molecular formula is C19H21FN4O2S. The molecule has 0 unspecified atom stereocenters. The summed E-state index contributed by atoms with van der Waals surface area (Å²) >= 11 is 5.14. The number of amides is 1. The molecule has 0 saturated heterocycles. The van der Waals surface area contributed by atoms with Crippen LogP contribution in [0.3, 0.4) is 0 Å². The van der Waals surface area contributed by atoms with Crippen molar-refractivity contribution in [1.82, 2.24) is 5.43 Å². The quantitative estimate of drug-likeness (QED) is 0.260. The number of aromatic hydroxyl groups is 1. The SMILES string of the molecule is CCCC(=O)Nc1ccc(O)c(/C(C)=N/NC(=S)Nc2ccc(F)cc2)c1. The Bertz CT molecular complexity index is 853. The van der Waals surface area contributed by atoms with Gasteiger partial charge in [-0.15, -0.1) is 0 Å². The Labute approximate surface area is 162 Å². The molecule has 8 heteroatoms. The summed E-state index contributed by atoms with van der Waals surface area (Å²) in [5, 5.41) is 20.1. The summed E-state index contributed by atoms with van der Waals surface area (Å²) in [5.41, 5.74) is 4.79. The molecule has 0 bridgehead atoms. The number of nitrogens with zero attached hydrogens (tertiary/aromatic N) is 1. The van der Waals surface area contributed by atoms with Crippen LogP contribution in [0.2, 0.25) is 0 Å². The van der Waals surface area contributed by atoms with Gasteiger partial charge in [-0.2, -0.15) is 5.10 Å². The fraction of sp³-hybridized carbons (Fsp3) is 0.211. The van der Waals surface area contributed by atoms with Gasteiger partial charge in [0, 0.05) is 23.4 Å². The summed E-state index contributed by atoms with van der Waals surface area (Å²) in [5.74, 6) is -0.398. The number of phenols is 1. The van der Waals surface area contributed by atoms with Gasteiger partial charge in [-0.1, -0.05) is 6.92 Å². The molecule has 0 aliphatic heterocycles. The Morgan fingerprint density at radius 1 is 1.15 bits per heavy atom. The third kappa shape index (κ3) is 6.34. The summed E-state index contributed by atoms with van der Waals surface area (Å²) in [7, 11) is 0. The van der Waals surface area contributed by atoms with Gasteiger partial charge in [-0.05, 0) is 68.0 Å². The average molecular weight is 388 g/mol. The van der Waals surface area contributed by atoms with Gasteiger partial charge in [0.15, 0.2) is 5.11 Å². The number of carbonyl (C=O) groups excluding carboxylic acids is 1. The van der Waals surface area contributed by atoms with E-state index in [2.05, 4.69) is 21.2 Å². The zero-order valence-electron chi connectivity index (χ0n) is 15.0. The lowest BCUT2D eigenvalue weighted by molar-refractivity contribution is -0.116. The van der Waals surface area contributed by atoms with E-state index in [1.807, 2.05) is 6.92 Å². The average Bonchev–Trinajstić information content (AvgIpc) is 2.63. The van der Waals surface area contributed by atoms with Crippen LogP contribution in [-0.2, 0) is 4.79 Å². The fourth-order valence-electron chi connectivity index (χ4n) is 2.24. The lowest BCUT2D eigenvalue weighted by atomic mass is 10.1. The van der Waals surface area contributed by atoms with Gasteiger partial charge in [-0.25, -0.2) is 4.39 Å². The molecule has 2 rings (SSSR count). The van der Waals surface area contributed by atoms with Crippen LogP contribution < -0.4 is 16.1 Å². The van der Waals surface area contributed by atoms with Gasteiger partial charge in [-0.3, -0.25) is 10.2 Å². The molecule has 0 heterocycles. The third-order valence-electron chi connectivity index (χ3n) is 3.57. The molecule has 6 nitrogen and oxygen atoms in total. The van der Waals surface area contributed by atoms with Gasteiger partial charge >= 0.3 is 0 Å². The lowest BCUT2D eigenvalue weighted by Gasteiger charge is -2.10. The highest BCUT2D eigenvalue weighted by molar-refractivity contribution is 7.80. The number of benzene rings is 2. The van der Waals surface area contributed by atoms with Gasteiger partial charge < -0.3 is 15.7 Å². The van der Waals surface area contributed by atoms with Crippen molar-refractivity contribution >= 4 is 40.3 Å². The molecule has 0 saturated carbocycles. The van der Waals surface area contributed by atoms with Crippen molar-refractivity contribution in [2.45, 2.75) is 26.7 Å². The highest BCUT2D eigenvalue weighted by Crippen LogP contribution is 2.22. The number of anilines is 2. The predicted molar refractivity (Wildman–Crippen MR) is 110 cm³/mol. The van der Waals surface area contributed by atoms with Gasteiger partial charge in [0.05, 0.1) is 5.71 Å². The van der Waals surface area contributed by atoms with E-state index in [1.165, 1.54) is 18.2 Å². The maximum atomic E-state index is 12.9. The number of hydrazone groups is 1. The molecular weight excluding hydrogens is 367 g/mol. The first-order chi connectivity index (χ1) is 12.9. The molecule has 0 spiro atoms. The normalized spacial score (nSPS) is 11.0. The number of hydrogen-bond acceptors (Lipinski definition) is 4. The van der Waals surface area contributed by atoms with Crippen molar-refractivity contribution in [2.75, 3.05) is 10.6 Å². The first kappa shape index (κ1) is 20.3. The van der Waals surface area contributed by atoms with Gasteiger partial charge in [0.2, 0.25) is 5.91 Å². The highest BCUT2D eigenvalue weighted by atomic mass is 32.1. The zero-order chi connectivity index (χ0) is 19.8. The fourth-order valence-corrected chi connectivity index (χ4v) is 2.40. The predicted octanol–water partition coefficient (Wildman–Crippen LogP) is 3.98. The molecule has 2 aromatic carbocycles. The van der Waals surface area contributed by atoms with Gasteiger partial charge in [0.1, 0.15) is 11.6 Å². The topological polar surface area (TPSA) is 85.8 Å². The maximum absolute atomic E-state index is 12.9. The molecule has 1 amide bonds. The highest BCUT2D eigenvalue weighted by Gasteiger charge is 2.09. The minimum Gasteiger partial charge on any atom is -0.507 e. The Balaban J connectivity index is 2.04. The van der Waals surface area contributed by atoms with Crippen LogP contribution in [-0.4, -0.2) is 21.8 Å². The molecule has 27 heavy (non-hydrogen) atoms. The number of halogens is 1. The minimum atomic E-state index is -0.338. The summed E-state index contributed by atoms with van der Waals surface area (Å²) < 4.78 is 12.9. The number of hydrogen-bond donors (Lipinski definition) is 4. The van der Waals surface area contributed by atoms with Crippen LogP contribution in [0.25, 0.3) is 0 Å². The van der Waals surface area contributed by atoms with E-state index in [0.29, 0.717) is 29.1 Å². The molecule has 0 aromatic heterocycles. The molecule has 4 N–H and O–H groups in total. The number of carbonyl (C=O) groups is 1. The first-order valence-corrected chi connectivity index (χ1v) is 8.80. The van der Waals surface area contributed by atoms with Crippen LogP contribution in [0.5, 0.6) is 5.75 Å². The summed E-state index contributed by atoms with van der Waals surface area (Å²) in [6.07, 6.45) is 1.17. The van der Waals surface area contributed by atoms with Crippen molar-refractivity contribution < 1.29 is 14.3 Å². The van der Waals surface area contributed by atoms with Crippen LogP contribution >= 0.6 is 12.2 Å². The summed E-state index contributed by atoms with van der Waals surface area (Å²) in [6.45, 7) is 3.62. The maximum Gasteiger partial charge on any atom is 0.224 e. The monoisotopic (exact) mass is 388 g/mol. The summed E-state index contributed by atoms with van der Waals surface area (Å²) in [6, 6.07) is 10.5. The van der Waals surface area contributed by atoms with Crippen LogP contribution in [0.15, 0.2) is 47.6 Å². The smallest absolute Gasteiger partial charge is 0.224 e. The Hall–Kier alpha value is -3.00. The van der Waals surface area contributed by atoms with E-state index in [1.54, 1.807) is 31.2 Å². The van der Waals surface area contributed by atoms with Crippen LogP contribution in [0, 0.1) is 5.82 Å². The second-order valence-electron chi connectivity index (χ2n) is 5.80. The van der Waals surface area contributed by atoms with Crippen molar-refractivity contribution in [3.05, 3.63) is 53.8 Å². The van der Waals surface area contributed by atoms with Crippen molar-refractivity contribution in [1.29, 1.82) is 0 Å². The number of nitrogens with one attached hydrogen (secondary N) is 3. The Kier molecular flexibility index (Phi) is 7.25. The van der Waals surface area contributed by atoms with E-state index in [4.69, 9.17) is 12.2 Å².